The Hall–Kier alpha value is -2.08. The van der Waals surface area contributed by atoms with E-state index >= 15 is 0 Å². The van der Waals surface area contributed by atoms with Crippen LogP contribution in [0.2, 0.25) is 0 Å². The van der Waals surface area contributed by atoms with Gasteiger partial charge in [-0.15, -0.1) is 0 Å². The van der Waals surface area contributed by atoms with Crippen molar-refractivity contribution in [3.8, 4) is 5.75 Å². The van der Waals surface area contributed by atoms with Gasteiger partial charge in [0.15, 0.2) is 0 Å². The summed E-state index contributed by atoms with van der Waals surface area (Å²) in [6, 6.07) is 7.52. The Balaban J connectivity index is 1.86. The third kappa shape index (κ3) is 6.33. The van der Waals surface area contributed by atoms with Crippen LogP contribution < -0.4 is 10.1 Å². The summed E-state index contributed by atoms with van der Waals surface area (Å²) < 4.78 is 5.71. The minimum atomic E-state index is 0.0197. The van der Waals surface area contributed by atoms with Gasteiger partial charge in [0.2, 0.25) is 5.91 Å². The Morgan fingerprint density at radius 3 is 2.42 bits per heavy atom. The van der Waals surface area contributed by atoms with Gasteiger partial charge in [-0.1, -0.05) is 19.9 Å². The van der Waals surface area contributed by atoms with Crippen LogP contribution >= 0.6 is 0 Å². The Labute approximate surface area is 156 Å². The van der Waals surface area contributed by atoms with Crippen molar-refractivity contribution in [2.45, 2.75) is 33.7 Å². The number of hydrogen-bond donors (Lipinski definition) is 1. The monoisotopic (exact) mass is 361 g/mol. The second-order valence-electron chi connectivity index (χ2n) is 7.52. The number of piperazine rings is 1. The molecular formula is C20H31N3O3. The quantitative estimate of drug-likeness (QED) is 0.807. The van der Waals surface area contributed by atoms with Crippen LogP contribution in [0.4, 0.5) is 0 Å². The third-order valence-electron chi connectivity index (χ3n) is 4.14. The van der Waals surface area contributed by atoms with Gasteiger partial charge in [0.25, 0.3) is 5.91 Å². The standard InChI is InChI=1S/C20H31N3O3/c1-15(2)14-26-18-7-5-6-17(12-18)20(25)23-10-8-22(9-11-23)13-19(24)21-16(3)4/h5-7,12,15-16H,8-11,13-14H2,1-4H3,(H,21,24). The maximum atomic E-state index is 12.7. The van der Waals surface area contributed by atoms with Crippen molar-refractivity contribution in [2.75, 3.05) is 39.3 Å². The van der Waals surface area contributed by atoms with E-state index < -0.39 is 0 Å². The Morgan fingerprint density at radius 1 is 1.12 bits per heavy atom. The van der Waals surface area contributed by atoms with Crippen LogP contribution in [0.15, 0.2) is 24.3 Å². The number of ether oxygens (including phenoxy) is 1. The molecule has 1 fully saturated rings. The normalized spacial score (nSPS) is 15.4. The predicted octanol–water partition coefficient (Wildman–Crippen LogP) is 2.00. The smallest absolute Gasteiger partial charge is 0.254 e. The summed E-state index contributed by atoms with van der Waals surface area (Å²) in [4.78, 5) is 28.5. The first-order valence-corrected chi connectivity index (χ1v) is 9.39. The average molecular weight is 361 g/mol. The molecule has 144 valence electrons. The molecule has 1 aromatic rings. The average Bonchev–Trinajstić information content (AvgIpc) is 2.59. The fourth-order valence-electron chi connectivity index (χ4n) is 2.84. The number of rotatable bonds is 7. The molecule has 1 aliphatic rings. The van der Waals surface area contributed by atoms with Gasteiger partial charge in [-0.25, -0.2) is 0 Å². The fraction of sp³-hybridized carbons (Fsp3) is 0.600. The molecule has 6 nitrogen and oxygen atoms in total. The zero-order valence-electron chi connectivity index (χ0n) is 16.3. The summed E-state index contributed by atoms with van der Waals surface area (Å²) >= 11 is 0. The maximum Gasteiger partial charge on any atom is 0.254 e. The lowest BCUT2D eigenvalue weighted by Crippen LogP contribution is -2.51. The fourth-order valence-corrected chi connectivity index (χ4v) is 2.84. The van der Waals surface area contributed by atoms with E-state index in [0.717, 1.165) is 5.75 Å². The van der Waals surface area contributed by atoms with E-state index in [9.17, 15) is 9.59 Å². The van der Waals surface area contributed by atoms with E-state index in [1.807, 2.05) is 43.0 Å². The van der Waals surface area contributed by atoms with Crippen LogP contribution in [0.1, 0.15) is 38.1 Å². The Kier molecular flexibility index (Phi) is 7.45. The molecule has 2 amide bonds. The highest BCUT2D eigenvalue weighted by Gasteiger charge is 2.23. The highest BCUT2D eigenvalue weighted by molar-refractivity contribution is 5.94. The van der Waals surface area contributed by atoms with E-state index in [0.29, 0.717) is 50.8 Å². The Bertz CT molecular complexity index is 608. The number of hydrogen-bond acceptors (Lipinski definition) is 4. The summed E-state index contributed by atoms with van der Waals surface area (Å²) in [7, 11) is 0. The molecule has 0 saturated carbocycles. The zero-order chi connectivity index (χ0) is 19.1. The summed E-state index contributed by atoms with van der Waals surface area (Å²) in [6.45, 7) is 11.8. The van der Waals surface area contributed by atoms with Crippen molar-refractivity contribution in [2.24, 2.45) is 5.92 Å². The van der Waals surface area contributed by atoms with E-state index in [1.165, 1.54) is 0 Å². The summed E-state index contributed by atoms with van der Waals surface area (Å²) in [5.74, 6) is 1.23. The lowest BCUT2D eigenvalue weighted by Gasteiger charge is -2.34. The van der Waals surface area contributed by atoms with E-state index in [1.54, 1.807) is 0 Å². The van der Waals surface area contributed by atoms with Crippen molar-refractivity contribution in [1.29, 1.82) is 0 Å². The van der Waals surface area contributed by atoms with Crippen molar-refractivity contribution in [3.05, 3.63) is 29.8 Å². The lowest BCUT2D eigenvalue weighted by molar-refractivity contribution is -0.123. The Morgan fingerprint density at radius 2 is 1.81 bits per heavy atom. The first-order chi connectivity index (χ1) is 12.3. The first kappa shape index (κ1) is 20.2. The van der Waals surface area contributed by atoms with Gasteiger partial charge in [-0.05, 0) is 38.0 Å². The molecule has 6 heteroatoms. The molecule has 2 rings (SSSR count). The molecule has 0 aliphatic carbocycles. The summed E-state index contributed by atoms with van der Waals surface area (Å²) in [6.07, 6.45) is 0. The molecule has 0 aromatic heterocycles. The van der Waals surface area contributed by atoms with Gasteiger partial charge in [-0.3, -0.25) is 14.5 Å². The van der Waals surface area contributed by atoms with Gasteiger partial charge < -0.3 is 15.0 Å². The molecular weight excluding hydrogens is 330 g/mol. The number of amides is 2. The summed E-state index contributed by atoms with van der Waals surface area (Å²) in [5.41, 5.74) is 0.650. The minimum absolute atomic E-state index is 0.0197. The molecule has 0 unspecified atom stereocenters. The number of carbonyl (C=O) groups excluding carboxylic acids is 2. The number of nitrogens with zero attached hydrogens (tertiary/aromatic N) is 2. The summed E-state index contributed by atoms with van der Waals surface area (Å²) in [5, 5.41) is 2.90. The van der Waals surface area contributed by atoms with Gasteiger partial charge in [0.05, 0.1) is 13.2 Å². The third-order valence-corrected chi connectivity index (χ3v) is 4.14. The van der Waals surface area contributed by atoms with Crippen LogP contribution in [0.25, 0.3) is 0 Å². The molecule has 1 N–H and O–H groups in total. The predicted molar refractivity (Wildman–Crippen MR) is 102 cm³/mol. The van der Waals surface area contributed by atoms with Crippen LogP contribution in [0, 0.1) is 5.92 Å². The molecule has 1 aromatic carbocycles. The highest BCUT2D eigenvalue weighted by atomic mass is 16.5. The number of nitrogens with one attached hydrogen (secondary N) is 1. The molecule has 0 radical (unpaired) electrons. The van der Waals surface area contributed by atoms with Crippen molar-refractivity contribution in [3.63, 3.8) is 0 Å². The highest BCUT2D eigenvalue weighted by Crippen LogP contribution is 2.17. The van der Waals surface area contributed by atoms with Crippen molar-refractivity contribution < 1.29 is 14.3 Å². The molecule has 0 bridgehead atoms. The molecule has 1 saturated heterocycles. The molecule has 1 aliphatic heterocycles. The second-order valence-corrected chi connectivity index (χ2v) is 7.52. The van der Waals surface area contributed by atoms with Crippen LogP contribution in [0.3, 0.4) is 0 Å². The second kappa shape index (κ2) is 9.57. The van der Waals surface area contributed by atoms with Crippen LogP contribution in [-0.4, -0.2) is 67.0 Å². The molecule has 1 heterocycles. The van der Waals surface area contributed by atoms with Gasteiger partial charge >= 0.3 is 0 Å². The SMILES string of the molecule is CC(C)COc1cccc(C(=O)N2CCN(CC(=O)NC(C)C)CC2)c1. The number of carbonyl (C=O) groups is 2. The van der Waals surface area contributed by atoms with E-state index in [2.05, 4.69) is 24.1 Å². The van der Waals surface area contributed by atoms with Crippen molar-refractivity contribution >= 4 is 11.8 Å². The lowest BCUT2D eigenvalue weighted by atomic mass is 10.1. The number of benzene rings is 1. The van der Waals surface area contributed by atoms with E-state index in [4.69, 9.17) is 4.74 Å². The maximum absolute atomic E-state index is 12.7. The van der Waals surface area contributed by atoms with Crippen molar-refractivity contribution in [1.82, 2.24) is 15.1 Å². The largest absolute Gasteiger partial charge is 0.493 e. The topological polar surface area (TPSA) is 61.9 Å². The molecule has 0 spiro atoms. The minimum Gasteiger partial charge on any atom is -0.493 e. The van der Waals surface area contributed by atoms with E-state index in [-0.39, 0.29) is 17.9 Å². The van der Waals surface area contributed by atoms with Gasteiger partial charge in [0, 0.05) is 37.8 Å². The van der Waals surface area contributed by atoms with Crippen LogP contribution in [0.5, 0.6) is 5.75 Å². The van der Waals surface area contributed by atoms with Gasteiger partial charge in [0.1, 0.15) is 5.75 Å². The van der Waals surface area contributed by atoms with Crippen LogP contribution in [-0.2, 0) is 4.79 Å². The molecule has 26 heavy (non-hydrogen) atoms. The molecule has 0 atom stereocenters. The van der Waals surface area contributed by atoms with Gasteiger partial charge in [-0.2, -0.15) is 0 Å². The first-order valence-electron chi connectivity index (χ1n) is 9.39. The zero-order valence-corrected chi connectivity index (χ0v) is 16.3.